The highest BCUT2D eigenvalue weighted by molar-refractivity contribution is 5.98. The van der Waals surface area contributed by atoms with Crippen molar-refractivity contribution in [1.82, 2.24) is 9.88 Å². The number of anilines is 1. The Morgan fingerprint density at radius 1 is 1.21 bits per heavy atom. The highest BCUT2D eigenvalue weighted by Crippen LogP contribution is 2.26. The molecule has 0 spiro atoms. The van der Waals surface area contributed by atoms with Crippen LogP contribution in [0.3, 0.4) is 0 Å². The van der Waals surface area contributed by atoms with Crippen LogP contribution in [0.15, 0.2) is 42.7 Å². The highest BCUT2D eigenvalue weighted by Gasteiger charge is 2.25. The van der Waals surface area contributed by atoms with Crippen molar-refractivity contribution in [3.8, 4) is 0 Å². The average Bonchev–Trinajstić information content (AvgIpc) is 2.90. The molecule has 1 aromatic carbocycles. The van der Waals surface area contributed by atoms with Gasteiger partial charge in [0, 0.05) is 36.7 Å². The molecular weight excluding hydrogens is 364 g/mol. The average molecular weight is 393 g/mol. The summed E-state index contributed by atoms with van der Waals surface area (Å²) in [5.74, 6) is 0.581. The maximum Gasteiger partial charge on any atom is 0.253 e. The number of nitrogens with two attached hydrogens (primary N) is 1. The van der Waals surface area contributed by atoms with Gasteiger partial charge in [-0.1, -0.05) is 6.07 Å². The second kappa shape index (κ2) is 8.74. The second-order valence-electron chi connectivity index (χ2n) is 8.14. The molecule has 2 aromatic rings. The minimum Gasteiger partial charge on any atom is -0.339 e. The summed E-state index contributed by atoms with van der Waals surface area (Å²) in [6.45, 7) is 1.60. The van der Waals surface area contributed by atoms with Crippen LogP contribution in [0.2, 0.25) is 0 Å². The van der Waals surface area contributed by atoms with Crippen molar-refractivity contribution in [3.05, 3.63) is 59.4 Å². The standard InChI is InChI=1S/C23H28N4O2/c24-20-7-5-18-14-19(6-8-21(18)26-22(20)28)23(29)27-12-9-16(10-13-27)3-4-17-2-1-11-25-15-17/h1-2,6,8,11,14-16,20H,3-5,7,9-10,12-13,24H2,(H,26,28). The predicted molar refractivity (Wildman–Crippen MR) is 113 cm³/mol. The molecule has 0 saturated carbocycles. The number of benzene rings is 1. The lowest BCUT2D eigenvalue weighted by Gasteiger charge is -2.32. The van der Waals surface area contributed by atoms with E-state index in [1.165, 1.54) is 5.56 Å². The molecule has 0 radical (unpaired) electrons. The number of hydrogen-bond acceptors (Lipinski definition) is 4. The maximum atomic E-state index is 13.0. The molecule has 1 unspecified atom stereocenters. The summed E-state index contributed by atoms with van der Waals surface area (Å²) < 4.78 is 0. The molecule has 2 aliphatic rings. The van der Waals surface area contributed by atoms with Gasteiger partial charge in [-0.25, -0.2) is 0 Å². The molecule has 29 heavy (non-hydrogen) atoms. The number of fused-ring (bicyclic) bond motifs is 1. The zero-order valence-electron chi connectivity index (χ0n) is 16.6. The lowest BCUT2D eigenvalue weighted by molar-refractivity contribution is -0.117. The van der Waals surface area contributed by atoms with Crippen LogP contribution in [-0.2, 0) is 17.6 Å². The van der Waals surface area contributed by atoms with E-state index in [1.54, 1.807) is 6.20 Å². The van der Waals surface area contributed by atoms with Crippen LogP contribution in [0.5, 0.6) is 0 Å². The van der Waals surface area contributed by atoms with E-state index in [2.05, 4.69) is 16.4 Å². The summed E-state index contributed by atoms with van der Waals surface area (Å²) >= 11 is 0. The topological polar surface area (TPSA) is 88.3 Å². The quantitative estimate of drug-likeness (QED) is 0.837. The first-order chi connectivity index (χ1) is 14.1. The first kappa shape index (κ1) is 19.6. The largest absolute Gasteiger partial charge is 0.339 e. The van der Waals surface area contributed by atoms with Crippen LogP contribution in [0.25, 0.3) is 0 Å². The van der Waals surface area contributed by atoms with Gasteiger partial charge in [0.25, 0.3) is 5.91 Å². The lowest BCUT2D eigenvalue weighted by Crippen LogP contribution is -2.38. The van der Waals surface area contributed by atoms with Crippen LogP contribution >= 0.6 is 0 Å². The van der Waals surface area contributed by atoms with Crippen LogP contribution in [0.4, 0.5) is 5.69 Å². The fraction of sp³-hybridized carbons (Fsp3) is 0.435. The minimum atomic E-state index is -0.493. The molecule has 1 aromatic heterocycles. The molecule has 1 fully saturated rings. The number of nitrogens with zero attached hydrogens (tertiary/aromatic N) is 2. The summed E-state index contributed by atoms with van der Waals surface area (Å²) in [6, 6.07) is 9.18. The molecule has 1 saturated heterocycles. The van der Waals surface area contributed by atoms with E-state index in [9.17, 15) is 9.59 Å². The Balaban J connectivity index is 1.33. The van der Waals surface area contributed by atoms with Gasteiger partial charge in [0.1, 0.15) is 0 Å². The smallest absolute Gasteiger partial charge is 0.253 e. The van der Waals surface area contributed by atoms with Crippen molar-refractivity contribution >= 4 is 17.5 Å². The summed E-state index contributed by atoms with van der Waals surface area (Å²) in [7, 11) is 0. The summed E-state index contributed by atoms with van der Waals surface area (Å²) in [4.78, 5) is 31.0. The molecular formula is C23H28N4O2. The molecule has 0 aliphatic carbocycles. The van der Waals surface area contributed by atoms with Gasteiger partial charge in [0.2, 0.25) is 5.91 Å². The van der Waals surface area contributed by atoms with Crippen molar-refractivity contribution < 1.29 is 9.59 Å². The second-order valence-corrected chi connectivity index (χ2v) is 8.14. The van der Waals surface area contributed by atoms with E-state index < -0.39 is 6.04 Å². The first-order valence-corrected chi connectivity index (χ1v) is 10.5. The Morgan fingerprint density at radius 3 is 2.79 bits per heavy atom. The Morgan fingerprint density at radius 2 is 2.03 bits per heavy atom. The van der Waals surface area contributed by atoms with Gasteiger partial charge in [-0.2, -0.15) is 0 Å². The molecule has 152 valence electrons. The van der Waals surface area contributed by atoms with E-state index in [4.69, 9.17) is 5.73 Å². The van der Waals surface area contributed by atoms with E-state index in [-0.39, 0.29) is 11.8 Å². The number of carbonyl (C=O) groups is 2. The van der Waals surface area contributed by atoms with Crippen molar-refractivity contribution in [2.24, 2.45) is 11.7 Å². The SMILES string of the molecule is NC1CCc2cc(C(=O)N3CCC(CCc4cccnc4)CC3)ccc2NC1=O. The molecule has 2 amide bonds. The molecule has 1 atom stereocenters. The number of pyridine rings is 1. The third-order valence-corrected chi connectivity index (χ3v) is 6.14. The van der Waals surface area contributed by atoms with Crippen LogP contribution in [0, 0.1) is 5.92 Å². The number of aromatic nitrogens is 1. The Hall–Kier alpha value is -2.73. The fourth-order valence-electron chi connectivity index (χ4n) is 4.25. The molecule has 6 heteroatoms. The van der Waals surface area contributed by atoms with Gasteiger partial charge in [-0.3, -0.25) is 14.6 Å². The van der Waals surface area contributed by atoms with Crippen molar-refractivity contribution in [2.75, 3.05) is 18.4 Å². The number of aryl methyl sites for hydroxylation is 2. The van der Waals surface area contributed by atoms with Gasteiger partial charge in [-0.05, 0) is 79.8 Å². The molecule has 4 rings (SSSR count). The maximum absolute atomic E-state index is 13.0. The van der Waals surface area contributed by atoms with Gasteiger partial charge < -0.3 is 16.0 Å². The molecule has 3 heterocycles. The number of amides is 2. The number of piperidine rings is 1. The summed E-state index contributed by atoms with van der Waals surface area (Å²) in [5, 5.41) is 2.86. The molecule has 6 nitrogen and oxygen atoms in total. The number of carbonyl (C=O) groups excluding carboxylic acids is 2. The van der Waals surface area contributed by atoms with Crippen LogP contribution < -0.4 is 11.1 Å². The zero-order chi connectivity index (χ0) is 20.2. The third kappa shape index (κ3) is 4.65. The normalized spacial score (nSPS) is 20.0. The van der Waals surface area contributed by atoms with Gasteiger partial charge in [-0.15, -0.1) is 0 Å². The number of likely N-dealkylation sites (tertiary alicyclic amines) is 1. The highest BCUT2D eigenvalue weighted by atomic mass is 16.2. The van der Waals surface area contributed by atoms with Crippen molar-refractivity contribution in [1.29, 1.82) is 0 Å². The first-order valence-electron chi connectivity index (χ1n) is 10.5. The minimum absolute atomic E-state index is 0.0818. The number of rotatable bonds is 4. The van der Waals surface area contributed by atoms with Crippen molar-refractivity contribution in [3.63, 3.8) is 0 Å². The molecule has 0 bridgehead atoms. The number of hydrogen-bond donors (Lipinski definition) is 2. The van der Waals surface area contributed by atoms with E-state index in [0.717, 1.165) is 50.0 Å². The zero-order valence-corrected chi connectivity index (χ0v) is 16.6. The lowest BCUT2D eigenvalue weighted by atomic mass is 9.90. The number of nitrogens with one attached hydrogen (secondary N) is 1. The Kier molecular flexibility index (Phi) is 5.90. The van der Waals surface area contributed by atoms with E-state index in [1.807, 2.05) is 35.4 Å². The van der Waals surface area contributed by atoms with Gasteiger partial charge in [0.15, 0.2) is 0 Å². The summed E-state index contributed by atoms with van der Waals surface area (Å²) in [6.07, 6.45) is 9.32. The van der Waals surface area contributed by atoms with Crippen molar-refractivity contribution in [2.45, 2.75) is 44.6 Å². The Bertz CT molecular complexity index is 876. The summed E-state index contributed by atoms with van der Waals surface area (Å²) in [5.41, 5.74) is 9.59. The third-order valence-electron chi connectivity index (χ3n) is 6.14. The van der Waals surface area contributed by atoms with E-state index in [0.29, 0.717) is 24.3 Å². The van der Waals surface area contributed by atoms with E-state index >= 15 is 0 Å². The predicted octanol–water partition coefficient (Wildman–Crippen LogP) is 2.78. The monoisotopic (exact) mass is 392 g/mol. The fourth-order valence-corrected chi connectivity index (χ4v) is 4.25. The van der Waals surface area contributed by atoms with Gasteiger partial charge >= 0.3 is 0 Å². The van der Waals surface area contributed by atoms with Crippen LogP contribution in [0.1, 0.15) is 47.2 Å². The van der Waals surface area contributed by atoms with Gasteiger partial charge in [0.05, 0.1) is 6.04 Å². The molecule has 3 N–H and O–H groups in total. The molecule has 2 aliphatic heterocycles. The Labute approximate surface area is 171 Å². The van der Waals surface area contributed by atoms with Crippen LogP contribution in [-0.4, -0.2) is 40.8 Å².